The first kappa shape index (κ1) is 13.2. The third-order valence-corrected chi connectivity index (χ3v) is 2.61. The van der Waals surface area contributed by atoms with Crippen molar-refractivity contribution in [3.63, 3.8) is 0 Å². The molecular weight excluding hydrogens is 289 g/mol. The zero-order valence-corrected chi connectivity index (χ0v) is 10.3. The highest BCUT2D eigenvalue weighted by Gasteiger charge is 2.34. The second-order valence-corrected chi connectivity index (χ2v) is 4.10. The van der Waals surface area contributed by atoms with Gasteiger partial charge in [-0.2, -0.15) is 18.3 Å². The lowest BCUT2D eigenvalue weighted by Crippen LogP contribution is -2.12. The molecule has 9 heteroatoms. The first-order chi connectivity index (χ1) is 9.93. The van der Waals surface area contributed by atoms with Crippen LogP contribution >= 0.6 is 0 Å². The van der Waals surface area contributed by atoms with E-state index in [2.05, 4.69) is 15.4 Å². The molecule has 6 nitrogen and oxygen atoms in total. The first-order valence-corrected chi connectivity index (χ1v) is 5.71. The minimum absolute atomic E-state index is 0.0262. The summed E-state index contributed by atoms with van der Waals surface area (Å²) >= 11 is 0. The molecule has 0 saturated carbocycles. The number of rotatable bonds is 2. The number of carbonyl (C=O) groups is 1. The molecule has 0 fully saturated rings. The Hall–Kier alpha value is -2.84. The summed E-state index contributed by atoms with van der Waals surface area (Å²) in [6.07, 6.45) is -0.749. The van der Waals surface area contributed by atoms with Crippen LogP contribution in [0.15, 0.2) is 41.3 Å². The molecule has 0 saturated heterocycles. The van der Waals surface area contributed by atoms with Crippen molar-refractivity contribution < 1.29 is 22.4 Å². The highest BCUT2D eigenvalue weighted by Crippen LogP contribution is 2.28. The van der Waals surface area contributed by atoms with E-state index in [0.29, 0.717) is 0 Å². The van der Waals surface area contributed by atoms with Crippen molar-refractivity contribution in [2.75, 3.05) is 5.32 Å². The van der Waals surface area contributed by atoms with Crippen LogP contribution in [0.1, 0.15) is 16.2 Å². The molecule has 3 aromatic rings. The molecule has 3 rings (SSSR count). The monoisotopic (exact) mass is 296 g/mol. The second-order valence-electron chi connectivity index (χ2n) is 4.10. The molecule has 0 radical (unpaired) electrons. The average molecular weight is 296 g/mol. The van der Waals surface area contributed by atoms with Gasteiger partial charge in [0.2, 0.25) is 0 Å². The van der Waals surface area contributed by atoms with Gasteiger partial charge in [0.15, 0.2) is 17.1 Å². The van der Waals surface area contributed by atoms with E-state index in [1.807, 2.05) is 0 Å². The third kappa shape index (κ3) is 2.57. The summed E-state index contributed by atoms with van der Waals surface area (Å²) in [5.41, 5.74) is -0.830. The number of halogens is 3. The normalized spacial score (nSPS) is 11.8. The number of hydrogen-bond acceptors (Lipinski definition) is 4. The fraction of sp³-hybridized carbons (Fsp3) is 0.0833. The van der Waals surface area contributed by atoms with Gasteiger partial charge in [-0.15, -0.1) is 0 Å². The van der Waals surface area contributed by atoms with Gasteiger partial charge in [0.1, 0.15) is 0 Å². The summed E-state index contributed by atoms with van der Waals surface area (Å²) in [5, 5.41) is 5.82. The molecule has 0 bridgehead atoms. The van der Waals surface area contributed by atoms with Gasteiger partial charge in [-0.1, -0.05) is 0 Å². The number of nitrogens with zero attached hydrogens (tertiary/aromatic N) is 3. The number of furan rings is 1. The predicted molar refractivity (Wildman–Crippen MR) is 64.7 cm³/mol. The van der Waals surface area contributed by atoms with Gasteiger partial charge in [0.25, 0.3) is 5.91 Å². The largest absolute Gasteiger partial charge is 0.459 e. The quantitative estimate of drug-likeness (QED) is 0.789. The smallest absolute Gasteiger partial charge is 0.435 e. The van der Waals surface area contributed by atoms with Crippen molar-refractivity contribution in [3.8, 4) is 0 Å². The van der Waals surface area contributed by atoms with Gasteiger partial charge in [-0.25, -0.2) is 9.50 Å². The lowest BCUT2D eigenvalue weighted by Gasteiger charge is -2.02. The number of nitrogens with one attached hydrogen (secondary N) is 1. The zero-order valence-electron chi connectivity index (χ0n) is 10.3. The Morgan fingerprint density at radius 3 is 2.86 bits per heavy atom. The topological polar surface area (TPSA) is 72.4 Å². The predicted octanol–water partition coefficient (Wildman–Crippen LogP) is 2.59. The van der Waals surface area contributed by atoms with Crippen molar-refractivity contribution in [1.82, 2.24) is 14.6 Å². The maximum atomic E-state index is 12.5. The SMILES string of the molecule is O=C(Nc1cnc2cc(C(F)(F)F)nn2c1)c1ccco1. The van der Waals surface area contributed by atoms with Crippen molar-refractivity contribution in [1.29, 1.82) is 0 Å². The molecule has 0 aliphatic carbocycles. The van der Waals surface area contributed by atoms with Gasteiger partial charge in [-0.05, 0) is 12.1 Å². The number of carbonyl (C=O) groups excluding carboxylic acids is 1. The number of anilines is 1. The maximum absolute atomic E-state index is 12.5. The molecule has 21 heavy (non-hydrogen) atoms. The summed E-state index contributed by atoms with van der Waals surface area (Å²) in [5.74, 6) is -0.462. The van der Waals surface area contributed by atoms with E-state index in [1.54, 1.807) is 6.07 Å². The van der Waals surface area contributed by atoms with Gasteiger partial charge in [-0.3, -0.25) is 4.79 Å². The Balaban J connectivity index is 1.89. The van der Waals surface area contributed by atoms with Crippen LogP contribution in [0.3, 0.4) is 0 Å². The first-order valence-electron chi connectivity index (χ1n) is 5.71. The molecule has 1 amide bonds. The number of amides is 1. The number of fused-ring (bicyclic) bond motifs is 1. The third-order valence-electron chi connectivity index (χ3n) is 2.61. The molecule has 0 unspecified atom stereocenters. The summed E-state index contributed by atoms with van der Waals surface area (Å²) in [6, 6.07) is 3.81. The van der Waals surface area contributed by atoms with Crippen LogP contribution in [0.4, 0.5) is 18.9 Å². The maximum Gasteiger partial charge on any atom is 0.435 e. The minimum Gasteiger partial charge on any atom is -0.459 e. The lowest BCUT2D eigenvalue weighted by molar-refractivity contribution is -0.141. The molecule has 0 aliphatic heterocycles. The Morgan fingerprint density at radius 1 is 1.38 bits per heavy atom. The van der Waals surface area contributed by atoms with Crippen molar-refractivity contribution in [3.05, 3.63) is 48.3 Å². The van der Waals surface area contributed by atoms with Crippen molar-refractivity contribution in [2.24, 2.45) is 0 Å². The summed E-state index contributed by atoms with van der Waals surface area (Å²) in [7, 11) is 0. The average Bonchev–Trinajstić information content (AvgIpc) is 3.06. The summed E-state index contributed by atoms with van der Waals surface area (Å²) < 4.78 is 43.5. The molecular formula is C12H7F3N4O2. The molecule has 3 heterocycles. The van der Waals surface area contributed by atoms with Gasteiger partial charge in [0, 0.05) is 6.07 Å². The van der Waals surface area contributed by atoms with E-state index in [0.717, 1.165) is 10.6 Å². The van der Waals surface area contributed by atoms with E-state index in [-0.39, 0.29) is 17.1 Å². The van der Waals surface area contributed by atoms with Crippen LogP contribution in [0.25, 0.3) is 5.65 Å². The van der Waals surface area contributed by atoms with Crippen LogP contribution in [0.2, 0.25) is 0 Å². The molecule has 0 spiro atoms. The molecule has 0 atom stereocenters. The number of alkyl halides is 3. The fourth-order valence-corrected chi connectivity index (χ4v) is 1.68. The highest BCUT2D eigenvalue weighted by atomic mass is 19.4. The minimum atomic E-state index is -4.55. The molecule has 1 N–H and O–H groups in total. The van der Waals surface area contributed by atoms with Gasteiger partial charge in [0.05, 0.1) is 24.3 Å². The van der Waals surface area contributed by atoms with Crippen molar-refractivity contribution in [2.45, 2.75) is 6.18 Å². The van der Waals surface area contributed by atoms with Crippen LogP contribution in [-0.4, -0.2) is 20.5 Å². The fourth-order valence-electron chi connectivity index (χ4n) is 1.68. The van der Waals surface area contributed by atoms with E-state index in [9.17, 15) is 18.0 Å². The van der Waals surface area contributed by atoms with Gasteiger partial charge < -0.3 is 9.73 Å². The lowest BCUT2D eigenvalue weighted by atomic mass is 10.4. The van der Waals surface area contributed by atoms with Crippen LogP contribution in [0, 0.1) is 0 Å². The molecule has 108 valence electrons. The Kier molecular flexibility index (Phi) is 2.89. The Labute approximate surface area is 115 Å². The van der Waals surface area contributed by atoms with Crippen LogP contribution in [-0.2, 0) is 6.18 Å². The number of hydrogen-bond donors (Lipinski definition) is 1. The Bertz CT molecular complexity index is 793. The molecule has 0 aliphatic rings. The van der Waals surface area contributed by atoms with Gasteiger partial charge >= 0.3 is 6.18 Å². The van der Waals surface area contributed by atoms with E-state index < -0.39 is 17.8 Å². The van der Waals surface area contributed by atoms with E-state index in [4.69, 9.17) is 4.42 Å². The van der Waals surface area contributed by atoms with E-state index in [1.165, 1.54) is 24.7 Å². The van der Waals surface area contributed by atoms with Crippen LogP contribution < -0.4 is 5.32 Å². The van der Waals surface area contributed by atoms with E-state index >= 15 is 0 Å². The van der Waals surface area contributed by atoms with Crippen LogP contribution in [0.5, 0.6) is 0 Å². The summed E-state index contributed by atoms with van der Waals surface area (Å²) in [4.78, 5) is 15.5. The highest BCUT2D eigenvalue weighted by molar-refractivity contribution is 6.02. The van der Waals surface area contributed by atoms with Crippen molar-refractivity contribution >= 4 is 17.2 Å². The molecule has 3 aromatic heterocycles. The molecule has 0 aromatic carbocycles. The number of aromatic nitrogens is 3. The Morgan fingerprint density at radius 2 is 2.19 bits per heavy atom. The standard InChI is InChI=1S/C12H7F3N4O2/c13-12(14,15)9-4-10-16-5-7(6-19(10)18-9)17-11(20)8-2-1-3-21-8/h1-6H,(H,17,20). The second kappa shape index (κ2) is 4.62. The zero-order chi connectivity index (χ0) is 15.0. The summed E-state index contributed by atoms with van der Waals surface area (Å²) in [6.45, 7) is 0.